The van der Waals surface area contributed by atoms with Gasteiger partial charge in [-0.15, -0.1) is 0 Å². The number of aromatic nitrogens is 2. The molecule has 160 valence electrons. The molecular weight excluding hydrogens is 390 g/mol. The summed E-state index contributed by atoms with van der Waals surface area (Å²) < 4.78 is 7.03. The van der Waals surface area contributed by atoms with Gasteiger partial charge in [-0.2, -0.15) is 0 Å². The SMILES string of the molecule is CCOC(=O)c1ccc(NC(=O)C(=CC2CCCC2)c2cn(C)c3ccccc23)nc1. The van der Waals surface area contributed by atoms with Gasteiger partial charge in [0.2, 0.25) is 0 Å². The van der Waals surface area contributed by atoms with Crippen molar-refractivity contribution in [2.24, 2.45) is 13.0 Å². The molecule has 2 heterocycles. The summed E-state index contributed by atoms with van der Waals surface area (Å²) in [5.74, 6) is 0.180. The number of aryl methyl sites for hydroxylation is 1. The second kappa shape index (κ2) is 9.16. The molecular formula is C25H27N3O3. The number of rotatable bonds is 6. The van der Waals surface area contributed by atoms with Crippen molar-refractivity contribution in [3.63, 3.8) is 0 Å². The highest BCUT2D eigenvalue weighted by molar-refractivity contribution is 6.27. The Balaban J connectivity index is 1.64. The van der Waals surface area contributed by atoms with E-state index < -0.39 is 5.97 Å². The maximum atomic E-state index is 13.4. The Kier molecular flexibility index (Phi) is 6.16. The first-order valence-electron chi connectivity index (χ1n) is 10.8. The van der Waals surface area contributed by atoms with Gasteiger partial charge in [0.15, 0.2) is 0 Å². The smallest absolute Gasteiger partial charge is 0.339 e. The van der Waals surface area contributed by atoms with Crippen LogP contribution in [0.5, 0.6) is 0 Å². The van der Waals surface area contributed by atoms with Crippen LogP contribution < -0.4 is 5.32 Å². The number of amides is 1. The van der Waals surface area contributed by atoms with Gasteiger partial charge in [0.05, 0.1) is 12.2 Å². The molecule has 31 heavy (non-hydrogen) atoms. The van der Waals surface area contributed by atoms with Crippen LogP contribution in [0.1, 0.15) is 48.5 Å². The van der Waals surface area contributed by atoms with Crippen molar-refractivity contribution in [3.05, 3.63) is 66.0 Å². The van der Waals surface area contributed by atoms with Crippen LogP contribution in [0, 0.1) is 5.92 Å². The van der Waals surface area contributed by atoms with Crippen LogP contribution in [0.15, 0.2) is 54.9 Å². The van der Waals surface area contributed by atoms with E-state index in [-0.39, 0.29) is 5.91 Å². The molecule has 1 aliphatic carbocycles. The lowest BCUT2D eigenvalue weighted by molar-refractivity contribution is -0.111. The van der Waals surface area contributed by atoms with E-state index >= 15 is 0 Å². The van der Waals surface area contributed by atoms with Gasteiger partial charge in [-0.1, -0.05) is 37.1 Å². The average molecular weight is 418 g/mol. The summed E-state index contributed by atoms with van der Waals surface area (Å²) in [4.78, 5) is 29.4. The molecule has 6 nitrogen and oxygen atoms in total. The Morgan fingerprint density at radius 2 is 1.97 bits per heavy atom. The molecule has 0 radical (unpaired) electrons. The summed E-state index contributed by atoms with van der Waals surface area (Å²) in [6, 6.07) is 11.3. The number of hydrogen-bond acceptors (Lipinski definition) is 4. The Hall–Kier alpha value is -3.41. The number of para-hydroxylation sites is 1. The number of pyridine rings is 1. The molecule has 6 heteroatoms. The molecule has 0 spiro atoms. The molecule has 1 amide bonds. The second-order valence-corrected chi connectivity index (χ2v) is 7.90. The number of esters is 1. The molecule has 0 saturated heterocycles. The van der Waals surface area contributed by atoms with Crippen LogP contribution in [-0.4, -0.2) is 28.0 Å². The molecule has 0 aliphatic heterocycles. The van der Waals surface area contributed by atoms with Crippen molar-refractivity contribution in [3.8, 4) is 0 Å². The first-order chi connectivity index (χ1) is 15.1. The average Bonchev–Trinajstić information content (AvgIpc) is 3.41. The highest BCUT2D eigenvalue weighted by atomic mass is 16.5. The highest BCUT2D eigenvalue weighted by Crippen LogP contribution is 2.33. The van der Waals surface area contributed by atoms with Crippen LogP contribution in [0.2, 0.25) is 0 Å². The van der Waals surface area contributed by atoms with E-state index in [1.54, 1.807) is 19.1 Å². The van der Waals surface area contributed by atoms with Crippen molar-refractivity contribution in [1.82, 2.24) is 9.55 Å². The van der Waals surface area contributed by atoms with E-state index in [1.165, 1.54) is 19.0 Å². The maximum Gasteiger partial charge on any atom is 0.339 e. The number of benzene rings is 1. The predicted octanol–water partition coefficient (Wildman–Crippen LogP) is 4.96. The minimum absolute atomic E-state index is 0.195. The van der Waals surface area contributed by atoms with E-state index in [4.69, 9.17) is 4.74 Å². The highest BCUT2D eigenvalue weighted by Gasteiger charge is 2.21. The van der Waals surface area contributed by atoms with Crippen molar-refractivity contribution in [2.45, 2.75) is 32.6 Å². The van der Waals surface area contributed by atoms with Gasteiger partial charge < -0.3 is 14.6 Å². The summed E-state index contributed by atoms with van der Waals surface area (Å²) in [7, 11) is 1.99. The van der Waals surface area contributed by atoms with Crippen molar-refractivity contribution < 1.29 is 14.3 Å². The summed E-state index contributed by atoms with van der Waals surface area (Å²) >= 11 is 0. The lowest BCUT2D eigenvalue weighted by atomic mass is 9.97. The van der Waals surface area contributed by atoms with Crippen molar-refractivity contribution in [1.29, 1.82) is 0 Å². The van der Waals surface area contributed by atoms with E-state index in [2.05, 4.69) is 22.4 Å². The standard InChI is InChI=1S/C25H27N3O3/c1-3-31-25(30)18-12-13-23(26-15-18)27-24(29)20(14-17-8-4-5-9-17)21-16-28(2)22-11-7-6-10-19(21)22/h6-7,10-17H,3-5,8-9H2,1-2H3,(H,26,27,29). The van der Waals surface area contributed by atoms with Crippen molar-refractivity contribution in [2.75, 3.05) is 11.9 Å². The second-order valence-electron chi connectivity index (χ2n) is 7.90. The van der Waals surface area contributed by atoms with Gasteiger partial charge in [0.25, 0.3) is 5.91 Å². The molecule has 1 fully saturated rings. The van der Waals surface area contributed by atoms with Gasteiger partial charge in [-0.25, -0.2) is 9.78 Å². The van der Waals surface area contributed by atoms with E-state index in [0.717, 1.165) is 29.3 Å². The number of carbonyl (C=O) groups excluding carboxylic acids is 2. The van der Waals surface area contributed by atoms with E-state index in [9.17, 15) is 9.59 Å². The molecule has 0 unspecified atom stereocenters. The number of ether oxygens (including phenoxy) is 1. The molecule has 1 aliphatic rings. The third-order valence-corrected chi connectivity index (χ3v) is 5.75. The normalized spacial score (nSPS) is 14.7. The van der Waals surface area contributed by atoms with Gasteiger partial charge >= 0.3 is 5.97 Å². The summed E-state index contributed by atoms with van der Waals surface area (Å²) in [6.07, 6.45) is 10.2. The number of nitrogens with one attached hydrogen (secondary N) is 1. The molecule has 4 rings (SSSR count). The molecule has 1 saturated carbocycles. The Labute approximate surface area is 181 Å². The summed E-state index contributed by atoms with van der Waals surface area (Å²) in [5.41, 5.74) is 3.03. The number of carbonyl (C=O) groups is 2. The number of allylic oxidation sites excluding steroid dienone is 1. The molecule has 2 aromatic heterocycles. The topological polar surface area (TPSA) is 73.2 Å². The fourth-order valence-electron chi connectivity index (χ4n) is 4.19. The minimum Gasteiger partial charge on any atom is -0.462 e. The van der Waals surface area contributed by atoms with E-state index in [0.29, 0.717) is 29.5 Å². The number of fused-ring (bicyclic) bond motifs is 1. The number of nitrogens with zero attached hydrogens (tertiary/aromatic N) is 2. The molecule has 0 atom stereocenters. The number of hydrogen-bond donors (Lipinski definition) is 1. The third-order valence-electron chi connectivity index (χ3n) is 5.75. The van der Waals surface area contributed by atoms with E-state index in [1.807, 2.05) is 36.0 Å². The van der Waals surface area contributed by atoms with Crippen LogP contribution in [0.25, 0.3) is 16.5 Å². The Morgan fingerprint density at radius 3 is 2.68 bits per heavy atom. The lowest BCUT2D eigenvalue weighted by Gasteiger charge is -2.11. The fraction of sp³-hybridized carbons (Fsp3) is 0.320. The minimum atomic E-state index is -0.426. The first-order valence-corrected chi connectivity index (χ1v) is 10.8. The Bertz CT molecular complexity index is 1120. The number of anilines is 1. The first kappa shape index (κ1) is 20.8. The predicted molar refractivity (Wildman–Crippen MR) is 122 cm³/mol. The zero-order valence-electron chi connectivity index (χ0n) is 17.9. The summed E-state index contributed by atoms with van der Waals surface area (Å²) in [5, 5.41) is 3.96. The largest absolute Gasteiger partial charge is 0.462 e. The van der Waals surface area contributed by atoms with Gasteiger partial charge in [0.1, 0.15) is 5.82 Å². The molecule has 1 aromatic carbocycles. The van der Waals surface area contributed by atoms with Crippen molar-refractivity contribution >= 4 is 34.2 Å². The quantitative estimate of drug-likeness (QED) is 0.454. The van der Waals surface area contributed by atoms with Crippen LogP contribution in [0.3, 0.4) is 0 Å². The Morgan fingerprint density at radius 1 is 1.19 bits per heavy atom. The molecule has 3 aromatic rings. The van der Waals surface area contributed by atoms with Gasteiger partial charge in [-0.3, -0.25) is 4.79 Å². The van der Waals surface area contributed by atoms with Crippen LogP contribution >= 0.6 is 0 Å². The monoisotopic (exact) mass is 417 g/mol. The zero-order valence-corrected chi connectivity index (χ0v) is 17.9. The lowest BCUT2D eigenvalue weighted by Crippen LogP contribution is -2.16. The fourth-order valence-corrected chi connectivity index (χ4v) is 4.19. The van der Waals surface area contributed by atoms with Gasteiger partial charge in [-0.05, 0) is 43.9 Å². The van der Waals surface area contributed by atoms with Gasteiger partial charge in [0, 0.05) is 41.5 Å². The summed E-state index contributed by atoms with van der Waals surface area (Å²) in [6.45, 7) is 2.06. The van der Waals surface area contributed by atoms with Crippen LogP contribution in [-0.2, 0) is 16.6 Å². The third kappa shape index (κ3) is 4.53. The molecule has 0 bridgehead atoms. The molecule has 1 N–H and O–H groups in total. The maximum absolute atomic E-state index is 13.4. The zero-order chi connectivity index (χ0) is 21.8. The van der Waals surface area contributed by atoms with Crippen LogP contribution in [0.4, 0.5) is 5.82 Å².